The van der Waals surface area contributed by atoms with Crippen molar-refractivity contribution >= 4 is 21.8 Å². The van der Waals surface area contributed by atoms with Crippen LogP contribution in [0.3, 0.4) is 0 Å². The molecule has 0 heterocycles. The van der Waals surface area contributed by atoms with Crippen LogP contribution in [-0.2, 0) is 4.79 Å². The van der Waals surface area contributed by atoms with E-state index in [1.807, 2.05) is 0 Å². The summed E-state index contributed by atoms with van der Waals surface area (Å²) in [5.41, 5.74) is 6.10. The van der Waals surface area contributed by atoms with Gasteiger partial charge >= 0.3 is 0 Å². The van der Waals surface area contributed by atoms with Crippen molar-refractivity contribution < 1.29 is 13.9 Å². The lowest BCUT2D eigenvalue weighted by molar-refractivity contribution is -0.125. The number of nitrogens with one attached hydrogen (secondary N) is 1. The lowest BCUT2D eigenvalue weighted by atomic mass is 9.67. The first-order valence-electron chi connectivity index (χ1n) is 8.15. The molecule has 2 aliphatic carbocycles. The Morgan fingerprint density at radius 1 is 1.35 bits per heavy atom. The zero-order chi connectivity index (χ0) is 16.4. The second-order valence-electron chi connectivity index (χ2n) is 6.64. The molecule has 6 heteroatoms. The minimum Gasteiger partial charge on any atom is -0.481 e. The topological polar surface area (TPSA) is 64.3 Å². The molecule has 1 aromatic carbocycles. The van der Waals surface area contributed by atoms with Gasteiger partial charge in [-0.3, -0.25) is 4.79 Å². The summed E-state index contributed by atoms with van der Waals surface area (Å²) in [6.07, 6.45) is 5.41. The molecule has 2 aliphatic rings. The van der Waals surface area contributed by atoms with Crippen LogP contribution < -0.4 is 15.8 Å². The third-order valence-corrected chi connectivity index (χ3v) is 5.45. The van der Waals surface area contributed by atoms with E-state index in [4.69, 9.17) is 10.5 Å². The van der Waals surface area contributed by atoms with E-state index in [1.54, 1.807) is 6.07 Å². The van der Waals surface area contributed by atoms with Gasteiger partial charge in [0.2, 0.25) is 0 Å². The van der Waals surface area contributed by atoms with Crippen LogP contribution in [0.25, 0.3) is 0 Å². The zero-order valence-electron chi connectivity index (χ0n) is 12.9. The normalized spacial score (nSPS) is 29.9. The Hall–Kier alpha value is -1.14. The molecule has 2 saturated carbocycles. The van der Waals surface area contributed by atoms with E-state index in [0.29, 0.717) is 16.3 Å². The summed E-state index contributed by atoms with van der Waals surface area (Å²) in [6, 6.07) is 4.96. The predicted octanol–water partition coefficient (Wildman–Crippen LogP) is 2.99. The smallest absolute Gasteiger partial charge is 0.258 e. The minimum absolute atomic E-state index is 0.0919. The van der Waals surface area contributed by atoms with Crippen molar-refractivity contribution in [1.82, 2.24) is 5.32 Å². The van der Waals surface area contributed by atoms with Gasteiger partial charge in [0.1, 0.15) is 0 Å². The Bertz CT molecular complexity index is 570. The van der Waals surface area contributed by atoms with E-state index in [2.05, 4.69) is 21.2 Å². The fraction of sp³-hybridized carbons (Fsp3) is 0.588. The second-order valence-corrected chi connectivity index (χ2v) is 7.55. The molecular formula is C17H22BrFN2O2. The third kappa shape index (κ3) is 4.04. The molecule has 3 N–H and O–H groups in total. The van der Waals surface area contributed by atoms with E-state index >= 15 is 0 Å². The number of ether oxygens (including phenoxy) is 1. The predicted molar refractivity (Wildman–Crippen MR) is 89.6 cm³/mol. The van der Waals surface area contributed by atoms with Gasteiger partial charge in [0, 0.05) is 16.6 Å². The number of halogens is 2. The molecular weight excluding hydrogens is 363 g/mol. The van der Waals surface area contributed by atoms with Crippen LogP contribution in [0.1, 0.15) is 32.1 Å². The molecule has 1 amide bonds. The molecule has 3 rings (SSSR count). The minimum atomic E-state index is -0.479. The monoisotopic (exact) mass is 384 g/mol. The molecule has 126 valence electrons. The summed E-state index contributed by atoms with van der Waals surface area (Å²) in [6.45, 7) is -0.166. The lowest BCUT2D eigenvalue weighted by Gasteiger charge is -2.45. The first-order valence-corrected chi connectivity index (χ1v) is 8.95. The highest BCUT2D eigenvalue weighted by molar-refractivity contribution is 9.10. The van der Waals surface area contributed by atoms with E-state index < -0.39 is 5.82 Å². The van der Waals surface area contributed by atoms with Gasteiger partial charge in [0.15, 0.2) is 18.2 Å². The average Bonchev–Trinajstić information content (AvgIpc) is 2.47. The number of fused-ring (bicyclic) bond motifs is 2. The maximum absolute atomic E-state index is 13.7. The Labute approximate surface area is 144 Å². The summed E-state index contributed by atoms with van der Waals surface area (Å²) in [5.74, 6) is 0.350. The number of hydrogen-bond acceptors (Lipinski definition) is 3. The van der Waals surface area contributed by atoms with Crippen molar-refractivity contribution in [3.05, 3.63) is 28.5 Å². The van der Waals surface area contributed by atoms with Crippen molar-refractivity contribution in [1.29, 1.82) is 0 Å². The Balaban J connectivity index is 1.55. The maximum atomic E-state index is 13.7. The van der Waals surface area contributed by atoms with E-state index in [0.717, 1.165) is 25.7 Å². The number of carbonyl (C=O) groups is 1. The lowest BCUT2D eigenvalue weighted by Crippen LogP contribution is -2.54. The van der Waals surface area contributed by atoms with E-state index in [9.17, 15) is 9.18 Å². The fourth-order valence-electron chi connectivity index (χ4n) is 3.99. The van der Waals surface area contributed by atoms with Crippen LogP contribution in [0.15, 0.2) is 22.7 Å². The van der Waals surface area contributed by atoms with Gasteiger partial charge in [0.05, 0.1) is 0 Å². The van der Waals surface area contributed by atoms with E-state index in [1.165, 1.54) is 18.6 Å². The quantitative estimate of drug-likeness (QED) is 0.838. The Kier molecular flexibility index (Phi) is 5.21. The van der Waals surface area contributed by atoms with Crippen LogP contribution in [0.5, 0.6) is 5.75 Å². The first kappa shape index (κ1) is 16.7. The molecule has 0 spiro atoms. The van der Waals surface area contributed by atoms with Crippen LogP contribution in [0.2, 0.25) is 0 Å². The summed E-state index contributed by atoms with van der Waals surface area (Å²) >= 11 is 3.19. The first-order chi connectivity index (χ1) is 11.0. The van der Waals surface area contributed by atoms with Crippen LogP contribution in [0, 0.1) is 17.7 Å². The number of nitrogens with two attached hydrogens (primary N) is 1. The van der Waals surface area contributed by atoms with Crippen molar-refractivity contribution in [2.45, 2.75) is 44.2 Å². The zero-order valence-corrected chi connectivity index (χ0v) is 14.5. The SMILES string of the molecule is NC1CC2CCCC(C1)C2NC(=O)COc1ccc(Br)cc1F. The molecule has 0 aliphatic heterocycles. The molecule has 1 aromatic rings. The van der Waals surface area contributed by atoms with Crippen LogP contribution >= 0.6 is 15.9 Å². The number of rotatable bonds is 4. The van der Waals surface area contributed by atoms with Crippen molar-refractivity contribution in [3.63, 3.8) is 0 Å². The van der Waals surface area contributed by atoms with Gasteiger partial charge in [-0.1, -0.05) is 22.4 Å². The molecule has 23 heavy (non-hydrogen) atoms. The maximum Gasteiger partial charge on any atom is 0.258 e. The van der Waals surface area contributed by atoms with Gasteiger partial charge in [-0.15, -0.1) is 0 Å². The molecule has 2 unspecified atom stereocenters. The summed E-state index contributed by atoms with van der Waals surface area (Å²) in [5, 5.41) is 3.09. The molecule has 4 nitrogen and oxygen atoms in total. The fourth-order valence-corrected chi connectivity index (χ4v) is 4.32. The molecule has 2 bridgehead atoms. The van der Waals surface area contributed by atoms with Crippen LogP contribution in [0.4, 0.5) is 4.39 Å². The highest BCUT2D eigenvalue weighted by Gasteiger charge is 2.39. The van der Waals surface area contributed by atoms with Crippen molar-refractivity contribution in [2.75, 3.05) is 6.61 Å². The third-order valence-electron chi connectivity index (χ3n) is 4.96. The highest BCUT2D eigenvalue weighted by Crippen LogP contribution is 2.39. The van der Waals surface area contributed by atoms with Gasteiger partial charge in [-0.05, 0) is 55.7 Å². The second kappa shape index (κ2) is 7.18. The van der Waals surface area contributed by atoms with Gasteiger partial charge in [0.25, 0.3) is 5.91 Å². The number of carbonyl (C=O) groups excluding carboxylic acids is 1. The number of benzene rings is 1. The average molecular weight is 385 g/mol. The summed E-state index contributed by atoms with van der Waals surface area (Å²) in [4.78, 5) is 12.2. The summed E-state index contributed by atoms with van der Waals surface area (Å²) in [7, 11) is 0. The number of amides is 1. The largest absolute Gasteiger partial charge is 0.481 e. The number of hydrogen-bond donors (Lipinski definition) is 2. The van der Waals surface area contributed by atoms with Crippen LogP contribution in [-0.4, -0.2) is 24.6 Å². The molecule has 2 atom stereocenters. The Morgan fingerprint density at radius 2 is 2.04 bits per heavy atom. The summed E-state index contributed by atoms with van der Waals surface area (Å²) < 4.78 is 19.6. The van der Waals surface area contributed by atoms with Crippen molar-refractivity contribution in [2.24, 2.45) is 17.6 Å². The molecule has 0 saturated heterocycles. The van der Waals surface area contributed by atoms with Gasteiger partial charge in [-0.2, -0.15) is 0 Å². The highest BCUT2D eigenvalue weighted by atomic mass is 79.9. The Morgan fingerprint density at radius 3 is 2.70 bits per heavy atom. The van der Waals surface area contributed by atoms with Crippen molar-refractivity contribution in [3.8, 4) is 5.75 Å². The van der Waals surface area contributed by atoms with Gasteiger partial charge < -0.3 is 15.8 Å². The van der Waals surface area contributed by atoms with Gasteiger partial charge in [-0.25, -0.2) is 4.39 Å². The standard InChI is InChI=1S/C17H22BrFN2O2/c18-12-4-5-15(14(19)8-12)23-9-16(22)21-17-10-2-1-3-11(17)7-13(20)6-10/h4-5,8,10-11,13,17H,1-3,6-7,9,20H2,(H,21,22). The molecule has 0 radical (unpaired) electrons. The van der Waals surface area contributed by atoms with E-state index in [-0.39, 0.29) is 30.3 Å². The molecule has 2 fully saturated rings. The molecule has 0 aromatic heterocycles.